The van der Waals surface area contributed by atoms with Gasteiger partial charge in [0.2, 0.25) is 5.01 Å². The Morgan fingerprint density at radius 1 is 1.90 bits per heavy atom. The molecule has 1 aromatic heterocycles. The molecule has 0 bridgehead atoms. The van der Waals surface area contributed by atoms with E-state index in [1.807, 2.05) is 0 Å². The summed E-state index contributed by atoms with van der Waals surface area (Å²) in [6.07, 6.45) is 0. The average Bonchev–Trinajstić information content (AvgIpc) is 2.37. The van der Waals surface area contributed by atoms with Gasteiger partial charge in [0.25, 0.3) is 5.82 Å². The number of aromatic nitrogens is 1. The molecule has 0 saturated carbocycles. The lowest BCUT2D eigenvalue weighted by Crippen LogP contribution is -1.83. The summed E-state index contributed by atoms with van der Waals surface area (Å²) in [4.78, 5) is 7.13. The van der Waals surface area contributed by atoms with Crippen molar-refractivity contribution in [3.8, 4) is 0 Å². The zero-order valence-electron chi connectivity index (χ0n) is 5.50. The summed E-state index contributed by atoms with van der Waals surface area (Å²) in [5, 5.41) is 2.58. The molecule has 0 amide bonds. The van der Waals surface area contributed by atoms with E-state index in [0.29, 0.717) is 12.4 Å². The van der Waals surface area contributed by atoms with E-state index in [1.54, 1.807) is 12.5 Å². The Morgan fingerprint density at radius 2 is 2.70 bits per heavy atom. The van der Waals surface area contributed by atoms with Crippen molar-refractivity contribution in [2.45, 2.75) is 6.61 Å². The number of thiazole rings is 1. The van der Waals surface area contributed by atoms with E-state index in [2.05, 4.69) is 9.83 Å². The van der Waals surface area contributed by atoms with E-state index >= 15 is 0 Å². The van der Waals surface area contributed by atoms with Gasteiger partial charge in [-0.05, 0) is 0 Å². The third-order valence-corrected chi connectivity index (χ3v) is 1.73. The van der Waals surface area contributed by atoms with Crippen LogP contribution < -0.4 is 0 Å². The number of hydrogen-bond acceptors (Lipinski definition) is 3. The second-order valence-corrected chi connectivity index (χ2v) is 2.59. The summed E-state index contributed by atoms with van der Waals surface area (Å²) < 4.78 is 4.83. The highest BCUT2D eigenvalue weighted by Crippen LogP contribution is 2.16. The molecule has 0 aliphatic rings. The molecule has 0 unspecified atom stereocenters. The van der Waals surface area contributed by atoms with Crippen molar-refractivity contribution in [2.75, 3.05) is 7.11 Å². The van der Waals surface area contributed by atoms with Crippen LogP contribution in [0.4, 0.5) is 5.82 Å². The maximum Gasteiger partial charge on any atom is 0.280 e. The van der Waals surface area contributed by atoms with Crippen molar-refractivity contribution >= 4 is 17.2 Å². The van der Waals surface area contributed by atoms with Crippen LogP contribution in [0.2, 0.25) is 0 Å². The van der Waals surface area contributed by atoms with Gasteiger partial charge < -0.3 is 9.58 Å². The molecule has 1 heterocycles. The van der Waals surface area contributed by atoms with Gasteiger partial charge in [-0.25, -0.2) is 0 Å². The highest BCUT2D eigenvalue weighted by atomic mass is 32.1. The molecular weight excluding hydrogens is 148 g/mol. The second-order valence-electron chi connectivity index (χ2n) is 1.64. The minimum Gasteiger partial charge on any atom is -0.375 e. The summed E-state index contributed by atoms with van der Waals surface area (Å²) in [6, 6.07) is 0. The minimum absolute atomic E-state index is 0.456. The number of hydrogen-bond donors (Lipinski definition) is 0. The fraction of sp³-hybridized carbons (Fsp3) is 0.333. The molecule has 0 aliphatic carbocycles. The summed E-state index contributed by atoms with van der Waals surface area (Å²) in [5.41, 5.74) is 0. The molecule has 1 rings (SSSR count). The van der Waals surface area contributed by atoms with Gasteiger partial charge in [-0.3, -0.25) is 0 Å². The van der Waals surface area contributed by atoms with Gasteiger partial charge in [0.15, 0.2) is 0 Å². The maximum absolute atomic E-state index is 6.62. The number of methoxy groups -OCH3 is 1. The molecular formula is C6H6N2OS. The fourth-order valence-corrected chi connectivity index (χ4v) is 1.22. The average molecular weight is 154 g/mol. The third kappa shape index (κ3) is 1.53. The Morgan fingerprint density at radius 3 is 3.20 bits per heavy atom. The highest BCUT2D eigenvalue weighted by molar-refractivity contribution is 7.10. The fourth-order valence-electron chi connectivity index (χ4n) is 0.542. The van der Waals surface area contributed by atoms with Crippen LogP contribution in [0.5, 0.6) is 0 Å². The Labute approximate surface area is 63.1 Å². The quantitative estimate of drug-likeness (QED) is 0.607. The van der Waals surface area contributed by atoms with E-state index in [-0.39, 0.29) is 0 Å². The van der Waals surface area contributed by atoms with Crippen molar-refractivity contribution in [2.24, 2.45) is 0 Å². The first-order valence-corrected chi connectivity index (χ1v) is 3.55. The SMILES string of the molecule is [C-]#[N+]c1csc(COC)n1. The molecule has 0 aromatic carbocycles. The van der Waals surface area contributed by atoms with Crippen molar-refractivity contribution in [1.82, 2.24) is 4.98 Å². The second kappa shape index (κ2) is 3.30. The van der Waals surface area contributed by atoms with Crippen LogP contribution >= 0.6 is 11.3 Å². The smallest absolute Gasteiger partial charge is 0.280 e. The summed E-state index contributed by atoms with van der Waals surface area (Å²) in [6.45, 7) is 7.12. The first-order chi connectivity index (χ1) is 4.86. The lowest BCUT2D eigenvalue weighted by atomic mass is 10.7. The van der Waals surface area contributed by atoms with Crippen molar-refractivity contribution < 1.29 is 4.74 Å². The first-order valence-electron chi connectivity index (χ1n) is 2.67. The Hall–Kier alpha value is -0.920. The highest BCUT2D eigenvalue weighted by Gasteiger charge is 2.02. The summed E-state index contributed by atoms with van der Waals surface area (Å²) in [7, 11) is 1.61. The minimum atomic E-state index is 0.456. The molecule has 0 fully saturated rings. The van der Waals surface area contributed by atoms with E-state index in [9.17, 15) is 0 Å². The molecule has 0 radical (unpaired) electrons. The Bertz CT molecular complexity index is 250. The van der Waals surface area contributed by atoms with E-state index in [1.165, 1.54) is 11.3 Å². The third-order valence-electron chi connectivity index (χ3n) is 0.922. The molecule has 0 saturated heterocycles. The molecule has 0 atom stereocenters. The number of rotatable bonds is 2. The molecule has 0 N–H and O–H groups in total. The van der Waals surface area contributed by atoms with Gasteiger partial charge in [-0.1, -0.05) is 6.57 Å². The van der Waals surface area contributed by atoms with Gasteiger partial charge in [0.05, 0.1) is 0 Å². The Balaban J connectivity index is 2.71. The first kappa shape index (κ1) is 7.19. The zero-order valence-corrected chi connectivity index (χ0v) is 6.31. The summed E-state index contributed by atoms with van der Waals surface area (Å²) >= 11 is 1.45. The molecule has 0 aliphatic heterocycles. The standard InChI is InChI=1S/C6H6N2OS/c1-7-5-4-10-6(8-5)3-9-2/h4H,3H2,2H3. The topological polar surface area (TPSA) is 26.5 Å². The molecule has 1 aromatic rings. The van der Waals surface area contributed by atoms with Crippen LogP contribution in [0.15, 0.2) is 5.38 Å². The van der Waals surface area contributed by atoms with Gasteiger partial charge in [0.1, 0.15) is 6.61 Å². The van der Waals surface area contributed by atoms with Crippen LogP contribution in [0.1, 0.15) is 5.01 Å². The predicted octanol–water partition coefficient (Wildman–Crippen LogP) is 1.84. The normalized spacial score (nSPS) is 9.20. The molecule has 10 heavy (non-hydrogen) atoms. The van der Waals surface area contributed by atoms with Crippen LogP contribution in [0, 0.1) is 6.57 Å². The van der Waals surface area contributed by atoms with E-state index in [4.69, 9.17) is 11.3 Å². The van der Waals surface area contributed by atoms with Crippen LogP contribution in [0.25, 0.3) is 4.85 Å². The van der Waals surface area contributed by atoms with Gasteiger partial charge >= 0.3 is 0 Å². The number of nitrogens with zero attached hydrogens (tertiary/aromatic N) is 2. The summed E-state index contributed by atoms with van der Waals surface area (Å²) in [5.74, 6) is 0.456. The Kier molecular flexibility index (Phi) is 2.37. The largest absolute Gasteiger partial charge is 0.375 e. The van der Waals surface area contributed by atoms with Crippen LogP contribution in [-0.2, 0) is 11.3 Å². The lowest BCUT2D eigenvalue weighted by molar-refractivity contribution is 0.184. The molecule has 52 valence electrons. The van der Waals surface area contributed by atoms with Crippen LogP contribution in [0.3, 0.4) is 0 Å². The van der Waals surface area contributed by atoms with E-state index < -0.39 is 0 Å². The predicted molar refractivity (Wildman–Crippen MR) is 39.1 cm³/mol. The van der Waals surface area contributed by atoms with Crippen molar-refractivity contribution in [3.63, 3.8) is 0 Å². The van der Waals surface area contributed by atoms with Crippen LogP contribution in [-0.4, -0.2) is 12.1 Å². The lowest BCUT2D eigenvalue weighted by Gasteiger charge is -1.84. The van der Waals surface area contributed by atoms with E-state index in [0.717, 1.165) is 5.01 Å². The van der Waals surface area contributed by atoms with Crippen molar-refractivity contribution in [3.05, 3.63) is 21.8 Å². The van der Waals surface area contributed by atoms with Crippen molar-refractivity contribution in [1.29, 1.82) is 0 Å². The number of ether oxygens (including phenoxy) is 1. The maximum atomic E-state index is 6.62. The molecule has 4 heteroatoms. The molecule has 0 spiro atoms. The van der Waals surface area contributed by atoms with Gasteiger partial charge in [-0.15, -0.1) is 16.3 Å². The zero-order chi connectivity index (χ0) is 7.40. The monoisotopic (exact) mass is 154 g/mol. The van der Waals surface area contributed by atoms with Gasteiger partial charge in [0, 0.05) is 12.5 Å². The molecule has 3 nitrogen and oxygen atoms in total. The van der Waals surface area contributed by atoms with Gasteiger partial charge in [-0.2, -0.15) is 0 Å².